The molecule has 1 unspecified atom stereocenters. The number of hydrogen-bond donors (Lipinski definition) is 1. The maximum absolute atomic E-state index is 15.1. The van der Waals surface area contributed by atoms with Crippen molar-refractivity contribution in [3.8, 4) is 0 Å². The molecular weight excluding hydrogens is 640 g/mol. The fraction of sp³-hybridized carbons (Fsp3) is 0.515. The second-order valence-electron chi connectivity index (χ2n) is 13.6. The molecule has 0 radical (unpaired) electrons. The summed E-state index contributed by atoms with van der Waals surface area (Å²) >= 11 is 0. The molecule has 0 aliphatic carbocycles. The Kier molecular flexibility index (Phi) is 11.1. The number of aromatic amines is 1. The predicted molar refractivity (Wildman–Crippen MR) is 186 cm³/mol. The van der Waals surface area contributed by atoms with Gasteiger partial charge in [0.2, 0.25) is 0 Å². The molecule has 1 N–H and O–H groups in total. The van der Waals surface area contributed by atoms with E-state index < -0.39 is 53.2 Å². The molecule has 1 aromatic heterocycles. The standard InChI is InChI=1S/C33H49N2O8PSi2/c1-10-39-44(38,40-11-2)33(43-45(7,8)9)22-29(35-23-25(3)30(36)34-31(35)37)42-28(33)24-41-46(32(4,5)6,26-18-14-12-15-19-26)27-20-16-13-17-21-27/h12-21,23,28-29H,10-11,22,24H2,1-9H3,(H,34,36,37)/t28?,29-,33+/m1/s1. The van der Waals surface area contributed by atoms with E-state index in [1.807, 2.05) is 56.0 Å². The number of nitrogens with one attached hydrogen (secondary N) is 1. The van der Waals surface area contributed by atoms with Gasteiger partial charge in [0, 0.05) is 18.2 Å². The van der Waals surface area contributed by atoms with E-state index >= 15 is 4.57 Å². The maximum atomic E-state index is 15.1. The molecule has 46 heavy (non-hydrogen) atoms. The van der Waals surface area contributed by atoms with Crippen LogP contribution in [0.5, 0.6) is 0 Å². The second-order valence-corrected chi connectivity index (χ2v) is 24.6. The Labute approximate surface area is 274 Å². The average Bonchev–Trinajstić information content (AvgIpc) is 3.34. The normalized spacial score (nSPS) is 21.1. The third-order valence-electron chi connectivity index (χ3n) is 8.16. The van der Waals surface area contributed by atoms with Gasteiger partial charge in [-0.2, -0.15) is 0 Å². The van der Waals surface area contributed by atoms with Gasteiger partial charge in [-0.3, -0.25) is 18.9 Å². The molecule has 4 rings (SSSR count). The fourth-order valence-electron chi connectivity index (χ4n) is 6.40. The van der Waals surface area contributed by atoms with Crippen LogP contribution in [0, 0.1) is 6.92 Å². The molecular formula is C33H49N2O8PSi2. The van der Waals surface area contributed by atoms with Crippen LogP contribution in [0.4, 0.5) is 0 Å². The molecule has 1 fully saturated rings. The smallest absolute Gasteiger partial charge is 0.364 e. The molecule has 1 aliphatic heterocycles. The van der Waals surface area contributed by atoms with Crippen LogP contribution in [0.2, 0.25) is 24.7 Å². The summed E-state index contributed by atoms with van der Waals surface area (Å²) in [5.41, 5.74) is -0.784. The van der Waals surface area contributed by atoms with E-state index in [-0.39, 0.29) is 31.3 Å². The molecule has 10 nitrogen and oxygen atoms in total. The van der Waals surface area contributed by atoms with Gasteiger partial charge in [0.1, 0.15) is 12.3 Å². The highest BCUT2D eigenvalue weighted by Gasteiger charge is 2.66. The first-order valence-electron chi connectivity index (χ1n) is 15.9. The topological polar surface area (TPSA) is 118 Å². The van der Waals surface area contributed by atoms with E-state index in [2.05, 4.69) is 50.0 Å². The number of hydrogen-bond acceptors (Lipinski definition) is 8. The molecule has 3 aromatic rings. The summed E-state index contributed by atoms with van der Waals surface area (Å²) in [6.45, 7) is 17.9. The van der Waals surface area contributed by atoms with Crippen molar-refractivity contribution in [3.05, 3.63) is 93.3 Å². The summed E-state index contributed by atoms with van der Waals surface area (Å²) in [6.07, 6.45) is -0.465. The zero-order valence-corrected chi connectivity index (χ0v) is 31.4. The van der Waals surface area contributed by atoms with Crippen LogP contribution in [0.3, 0.4) is 0 Å². The first-order valence-corrected chi connectivity index (χ1v) is 22.7. The van der Waals surface area contributed by atoms with Gasteiger partial charge in [-0.1, -0.05) is 81.4 Å². The Balaban J connectivity index is 1.95. The average molecular weight is 689 g/mol. The molecule has 3 atom stereocenters. The Bertz CT molecular complexity index is 1590. The van der Waals surface area contributed by atoms with E-state index in [9.17, 15) is 9.59 Å². The molecule has 2 heterocycles. The Morgan fingerprint density at radius 1 is 0.957 bits per heavy atom. The molecule has 13 heteroatoms. The third kappa shape index (κ3) is 7.05. The van der Waals surface area contributed by atoms with Gasteiger partial charge in [0.15, 0.2) is 13.7 Å². The van der Waals surface area contributed by atoms with Crippen LogP contribution in [0.1, 0.15) is 52.8 Å². The molecule has 0 saturated carbocycles. The minimum absolute atomic E-state index is 0.0184. The van der Waals surface area contributed by atoms with E-state index in [0.717, 1.165) is 10.4 Å². The summed E-state index contributed by atoms with van der Waals surface area (Å²) in [4.78, 5) is 27.8. The van der Waals surface area contributed by atoms with Crippen molar-refractivity contribution in [2.24, 2.45) is 0 Å². The van der Waals surface area contributed by atoms with Gasteiger partial charge in [-0.05, 0) is 55.8 Å². The predicted octanol–water partition coefficient (Wildman–Crippen LogP) is 5.52. The Hall–Kier alpha value is -2.42. The van der Waals surface area contributed by atoms with Crippen molar-refractivity contribution in [1.29, 1.82) is 0 Å². The van der Waals surface area contributed by atoms with Gasteiger partial charge in [-0.15, -0.1) is 0 Å². The van der Waals surface area contributed by atoms with Crippen molar-refractivity contribution in [1.82, 2.24) is 9.55 Å². The minimum Gasteiger partial charge on any atom is -0.405 e. The highest BCUT2D eigenvalue weighted by Crippen LogP contribution is 2.68. The van der Waals surface area contributed by atoms with E-state index in [1.165, 1.54) is 10.8 Å². The molecule has 0 bridgehead atoms. The highest BCUT2D eigenvalue weighted by molar-refractivity contribution is 7.55. The fourth-order valence-corrected chi connectivity index (χ4v) is 15.6. The SMILES string of the molecule is CCOP(=O)(OCC)[C@@]1(O[Si](C)(C)C)C[C@H](n2cc(C)c(=O)[nH]c2=O)OC1CO[Si](c1ccccc1)(c1ccccc1)C(C)(C)C. The molecule has 2 aromatic carbocycles. The van der Waals surface area contributed by atoms with Crippen LogP contribution in [0.25, 0.3) is 0 Å². The van der Waals surface area contributed by atoms with E-state index in [0.29, 0.717) is 5.56 Å². The minimum atomic E-state index is -4.08. The lowest BCUT2D eigenvalue weighted by atomic mass is 10.2. The van der Waals surface area contributed by atoms with Gasteiger partial charge in [0.05, 0.1) is 19.8 Å². The van der Waals surface area contributed by atoms with Gasteiger partial charge in [-0.25, -0.2) is 4.79 Å². The van der Waals surface area contributed by atoms with Crippen LogP contribution < -0.4 is 21.6 Å². The lowest BCUT2D eigenvalue weighted by Gasteiger charge is -2.46. The third-order valence-corrected chi connectivity index (χ3v) is 17.0. The van der Waals surface area contributed by atoms with Crippen molar-refractivity contribution in [2.45, 2.75) is 90.3 Å². The number of ether oxygens (including phenoxy) is 1. The highest BCUT2D eigenvalue weighted by atomic mass is 31.2. The molecule has 1 aliphatic rings. The van der Waals surface area contributed by atoms with Crippen molar-refractivity contribution in [3.63, 3.8) is 0 Å². The Morgan fingerprint density at radius 2 is 1.48 bits per heavy atom. The molecule has 1 saturated heterocycles. The molecule has 0 spiro atoms. The van der Waals surface area contributed by atoms with Crippen LogP contribution in [0.15, 0.2) is 76.4 Å². The monoisotopic (exact) mass is 688 g/mol. The lowest BCUT2D eigenvalue weighted by molar-refractivity contribution is -0.0560. The largest absolute Gasteiger partial charge is 0.405 e. The van der Waals surface area contributed by atoms with Crippen LogP contribution in [-0.2, 0) is 27.2 Å². The first-order chi connectivity index (χ1) is 21.5. The van der Waals surface area contributed by atoms with Gasteiger partial charge >= 0.3 is 13.3 Å². The summed E-state index contributed by atoms with van der Waals surface area (Å²) in [6, 6.07) is 20.4. The van der Waals surface area contributed by atoms with Crippen molar-refractivity contribution < 1.29 is 27.2 Å². The molecule has 252 valence electrons. The summed E-state index contributed by atoms with van der Waals surface area (Å²) in [5.74, 6) is 0. The maximum Gasteiger partial charge on any atom is 0.364 e. The lowest BCUT2D eigenvalue weighted by Crippen LogP contribution is -2.67. The zero-order chi connectivity index (χ0) is 34.0. The van der Waals surface area contributed by atoms with Gasteiger partial charge < -0.3 is 22.6 Å². The second kappa shape index (κ2) is 14.0. The Morgan fingerprint density at radius 3 is 1.93 bits per heavy atom. The quantitative estimate of drug-likeness (QED) is 0.184. The van der Waals surface area contributed by atoms with E-state index in [1.54, 1.807) is 20.8 Å². The number of benzene rings is 2. The van der Waals surface area contributed by atoms with E-state index in [4.69, 9.17) is 22.6 Å². The number of H-pyrrole nitrogens is 1. The number of aryl methyl sites for hydroxylation is 1. The van der Waals surface area contributed by atoms with Crippen LogP contribution >= 0.6 is 7.60 Å². The summed E-state index contributed by atoms with van der Waals surface area (Å²) < 4.78 is 49.4. The first kappa shape index (κ1) is 36.4. The number of aromatic nitrogens is 2. The van der Waals surface area contributed by atoms with Crippen molar-refractivity contribution >= 4 is 34.6 Å². The van der Waals surface area contributed by atoms with Crippen LogP contribution in [-0.4, -0.2) is 57.5 Å². The number of nitrogens with zero attached hydrogens (tertiary/aromatic N) is 1. The zero-order valence-electron chi connectivity index (χ0n) is 28.5. The summed E-state index contributed by atoms with van der Waals surface area (Å²) in [5, 5.41) is 0.200. The van der Waals surface area contributed by atoms with Crippen molar-refractivity contribution in [2.75, 3.05) is 19.8 Å². The summed E-state index contributed by atoms with van der Waals surface area (Å²) in [7, 11) is -9.66. The molecule has 0 amide bonds. The number of rotatable bonds is 13. The van der Waals surface area contributed by atoms with Gasteiger partial charge in [0.25, 0.3) is 13.9 Å².